The number of carbonyl (C=O) groups is 3. The van der Waals surface area contributed by atoms with Crippen LogP contribution in [0.2, 0.25) is 0 Å². The highest BCUT2D eigenvalue weighted by Gasteiger charge is 2.38. The van der Waals surface area contributed by atoms with E-state index in [0.717, 1.165) is 23.0 Å². The van der Waals surface area contributed by atoms with Gasteiger partial charge >= 0.3 is 0 Å². The third-order valence-corrected chi connectivity index (χ3v) is 5.61. The molecule has 1 aliphatic heterocycles. The third-order valence-electron chi connectivity index (χ3n) is 5.61. The van der Waals surface area contributed by atoms with Crippen LogP contribution in [0.5, 0.6) is 0 Å². The lowest BCUT2D eigenvalue weighted by Gasteiger charge is -2.23. The van der Waals surface area contributed by atoms with E-state index in [1.54, 1.807) is 4.68 Å². The summed E-state index contributed by atoms with van der Waals surface area (Å²) in [5, 5.41) is 10.9. The fourth-order valence-electron chi connectivity index (χ4n) is 3.92. The van der Waals surface area contributed by atoms with E-state index in [4.69, 9.17) is 0 Å². The number of hydrogen-bond donors (Lipinski definition) is 1. The van der Waals surface area contributed by atoms with Gasteiger partial charge in [-0.05, 0) is 36.1 Å². The largest absolute Gasteiger partial charge is 0.350 e. The lowest BCUT2D eigenvalue weighted by atomic mass is 10.1. The van der Waals surface area contributed by atoms with Gasteiger partial charge in [-0.1, -0.05) is 41.6 Å². The Morgan fingerprint density at radius 2 is 1.94 bits per heavy atom. The van der Waals surface area contributed by atoms with Gasteiger partial charge in [0, 0.05) is 26.4 Å². The van der Waals surface area contributed by atoms with E-state index < -0.39 is 6.04 Å². The van der Waals surface area contributed by atoms with Crippen molar-refractivity contribution in [3.8, 4) is 0 Å². The second-order valence-corrected chi connectivity index (χ2v) is 7.87. The van der Waals surface area contributed by atoms with Crippen molar-refractivity contribution in [1.29, 1.82) is 0 Å². The van der Waals surface area contributed by atoms with Crippen LogP contribution >= 0.6 is 0 Å². The first-order chi connectivity index (χ1) is 15.0. The van der Waals surface area contributed by atoms with Gasteiger partial charge in [0.2, 0.25) is 11.8 Å². The molecule has 0 bridgehead atoms. The molecule has 1 N–H and O–H groups in total. The molecule has 2 amide bonds. The average molecular weight is 419 g/mol. The number of ketones is 1. The Bertz CT molecular complexity index is 1110. The van der Waals surface area contributed by atoms with Crippen molar-refractivity contribution in [2.45, 2.75) is 38.3 Å². The highest BCUT2D eigenvalue weighted by atomic mass is 16.2. The smallest absolute Gasteiger partial charge is 0.243 e. The molecule has 8 heteroatoms. The average Bonchev–Trinajstić information content (AvgIpc) is 3.35. The minimum absolute atomic E-state index is 0.00776. The zero-order valence-corrected chi connectivity index (χ0v) is 17.5. The molecule has 1 atom stereocenters. The zero-order valence-electron chi connectivity index (χ0n) is 17.5. The molecule has 1 saturated heterocycles. The number of hydrogen-bond acceptors (Lipinski definition) is 5. The second-order valence-electron chi connectivity index (χ2n) is 7.87. The van der Waals surface area contributed by atoms with Crippen LogP contribution in [-0.4, -0.2) is 50.1 Å². The summed E-state index contributed by atoms with van der Waals surface area (Å²) in [7, 11) is 1.82. The van der Waals surface area contributed by atoms with Gasteiger partial charge in [0.25, 0.3) is 0 Å². The van der Waals surface area contributed by atoms with Crippen molar-refractivity contribution in [3.63, 3.8) is 0 Å². The Labute approximate surface area is 180 Å². The minimum atomic E-state index is -0.739. The topological polar surface area (TPSA) is 97.2 Å². The standard InChI is InChI=1S/C23H25N5O3/c1-27-20-11-10-17(12-19(20)25-26-27)14-24-23(31)21-13-18(29)15-28(21)22(30)9-5-8-16-6-3-2-4-7-16/h2-4,6-7,10-12,21H,5,8-9,13-15H2,1H3,(H,24,31). The predicted molar refractivity (Wildman–Crippen MR) is 115 cm³/mol. The van der Waals surface area contributed by atoms with Crippen LogP contribution in [-0.2, 0) is 34.4 Å². The molecule has 2 aromatic carbocycles. The summed E-state index contributed by atoms with van der Waals surface area (Å²) in [6, 6.07) is 14.9. The monoisotopic (exact) mass is 419 g/mol. The van der Waals surface area contributed by atoms with Gasteiger partial charge in [-0.2, -0.15) is 0 Å². The molecule has 0 spiro atoms. The molecule has 1 fully saturated rings. The number of aryl methyl sites for hydroxylation is 2. The van der Waals surface area contributed by atoms with E-state index in [-0.39, 0.29) is 30.6 Å². The zero-order chi connectivity index (χ0) is 21.8. The van der Waals surface area contributed by atoms with Crippen LogP contribution in [0.3, 0.4) is 0 Å². The van der Waals surface area contributed by atoms with E-state index in [1.165, 1.54) is 10.5 Å². The Kier molecular flexibility index (Phi) is 6.06. The lowest BCUT2D eigenvalue weighted by Crippen LogP contribution is -2.45. The molecular formula is C23H25N5O3. The number of benzene rings is 2. The van der Waals surface area contributed by atoms with Crippen LogP contribution in [0.25, 0.3) is 11.0 Å². The molecular weight excluding hydrogens is 394 g/mol. The molecule has 160 valence electrons. The van der Waals surface area contributed by atoms with Crippen molar-refractivity contribution >= 4 is 28.6 Å². The number of carbonyl (C=O) groups excluding carboxylic acids is 3. The first kappa shape index (κ1) is 20.7. The summed E-state index contributed by atoms with van der Waals surface area (Å²) in [4.78, 5) is 38.9. The van der Waals surface area contributed by atoms with Gasteiger partial charge in [0.15, 0.2) is 5.78 Å². The number of aromatic nitrogens is 3. The van der Waals surface area contributed by atoms with Crippen LogP contribution in [0.1, 0.15) is 30.4 Å². The van der Waals surface area contributed by atoms with Crippen LogP contribution in [0, 0.1) is 0 Å². The van der Waals surface area contributed by atoms with Crippen LogP contribution in [0.4, 0.5) is 0 Å². The van der Waals surface area contributed by atoms with E-state index in [1.807, 2.05) is 55.6 Å². The molecule has 4 rings (SSSR count). The van der Waals surface area contributed by atoms with E-state index in [2.05, 4.69) is 15.6 Å². The number of nitrogens with zero attached hydrogens (tertiary/aromatic N) is 4. The van der Waals surface area contributed by atoms with E-state index >= 15 is 0 Å². The number of rotatable bonds is 7. The van der Waals surface area contributed by atoms with Gasteiger partial charge in [-0.15, -0.1) is 5.10 Å². The Balaban J connectivity index is 1.33. The number of nitrogens with one attached hydrogen (secondary N) is 1. The maximum Gasteiger partial charge on any atom is 0.243 e. The van der Waals surface area contributed by atoms with Gasteiger partial charge in [0.05, 0.1) is 12.1 Å². The molecule has 1 aliphatic rings. The maximum atomic E-state index is 12.8. The summed E-state index contributed by atoms with van der Waals surface area (Å²) >= 11 is 0. The molecule has 3 aromatic rings. The normalized spacial score (nSPS) is 16.1. The number of fused-ring (bicyclic) bond motifs is 1. The molecule has 0 radical (unpaired) electrons. The molecule has 0 saturated carbocycles. The SMILES string of the molecule is Cn1nnc2cc(CNC(=O)C3CC(=O)CN3C(=O)CCCc3ccccc3)ccc21. The third kappa shape index (κ3) is 4.79. The fraction of sp³-hybridized carbons (Fsp3) is 0.348. The molecule has 2 heterocycles. The Morgan fingerprint density at radius 3 is 2.74 bits per heavy atom. The van der Waals surface area contributed by atoms with Gasteiger partial charge in [0.1, 0.15) is 11.6 Å². The van der Waals surface area contributed by atoms with Crippen molar-refractivity contribution in [2.75, 3.05) is 6.54 Å². The first-order valence-corrected chi connectivity index (χ1v) is 10.4. The van der Waals surface area contributed by atoms with Gasteiger partial charge in [-0.3, -0.25) is 14.4 Å². The quantitative estimate of drug-likeness (QED) is 0.630. The Morgan fingerprint density at radius 1 is 1.13 bits per heavy atom. The van der Waals surface area contributed by atoms with Crippen LogP contribution < -0.4 is 5.32 Å². The van der Waals surface area contributed by atoms with Crippen LogP contribution in [0.15, 0.2) is 48.5 Å². The maximum absolute atomic E-state index is 12.8. The Hall–Kier alpha value is -3.55. The van der Waals surface area contributed by atoms with Crippen molar-refractivity contribution in [2.24, 2.45) is 7.05 Å². The summed E-state index contributed by atoms with van der Waals surface area (Å²) in [6.45, 7) is 0.305. The van der Waals surface area contributed by atoms with E-state index in [9.17, 15) is 14.4 Å². The minimum Gasteiger partial charge on any atom is -0.350 e. The van der Waals surface area contributed by atoms with Gasteiger partial charge < -0.3 is 10.2 Å². The van der Waals surface area contributed by atoms with Crippen molar-refractivity contribution in [3.05, 3.63) is 59.7 Å². The summed E-state index contributed by atoms with van der Waals surface area (Å²) < 4.78 is 1.68. The molecule has 1 aromatic heterocycles. The van der Waals surface area contributed by atoms with E-state index in [0.29, 0.717) is 19.4 Å². The fourth-order valence-corrected chi connectivity index (χ4v) is 3.92. The van der Waals surface area contributed by atoms with Gasteiger partial charge in [-0.25, -0.2) is 4.68 Å². The molecule has 31 heavy (non-hydrogen) atoms. The highest BCUT2D eigenvalue weighted by Crippen LogP contribution is 2.18. The summed E-state index contributed by atoms with van der Waals surface area (Å²) in [5.41, 5.74) is 3.71. The predicted octanol–water partition coefficient (Wildman–Crippen LogP) is 1.78. The lowest BCUT2D eigenvalue weighted by molar-refractivity contribution is -0.138. The number of Topliss-reactive ketones (excluding diaryl/α,β-unsaturated/α-hetero) is 1. The number of likely N-dealkylation sites (tertiary alicyclic amines) is 1. The second kappa shape index (κ2) is 9.07. The highest BCUT2D eigenvalue weighted by molar-refractivity contribution is 5.98. The summed E-state index contributed by atoms with van der Waals surface area (Å²) in [6.07, 6.45) is 1.85. The molecule has 8 nitrogen and oxygen atoms in total. The molecule has 1 unspecified atom stereocenters. The number of amides is 2. The van der Waals surface area contributed by atoms with Crippen molar-refractivity contribution < 1.29 is 14.4 Å². The van der Waals surface area contributed by atoms with Crippen molar-refractivity contribution in [1.82, 2.24) is 25.2 Å². The summed E-state index contributed by atoms with van der Waals surface area (Å²) in [5.74, 6) is -0.540. The first-order valence-electron chi connectivity index (χ1n) is 10.4. The molecule has 0 aliphatic carbocycles.